The van der Waals surface area contributed by atoms with Gasteiger partial charge in [-0.25, -0.2) is 14.8 Å². The minimum Gasteiger partial charge on any atom is -0.444 e. The third kappa shape index (κ3) is 5.34. The molecule has 1 aliphatic heterocycles. The van der Waals surface area contributed by atoms with E-state index >= 15 is 0 Å². The Morgan fingerprint density at radius 3 is 2.84 bits per heavy atom. The maximum Gasteiger partial charge on any atom is 0.410 e. The van der Waals surface area contributed by atoms with E-state index in [9.17, 15) is 9.59 Å². The monoisotopic (exact) mass is 453 g/mol. The molecule has 32 heavy (non-hydrogen) atoms. The summed E-state index contributed by atoms with van der Waals surface area (Å²) in [7, 11) is 0. The summed E-state index contributed by atoms with van der Waals surface area (Å²) in [6.07, 6.45) is 3.80. The first-order valence-electron chi connectivity index (χ1n) is 10.5. The first kappa shape index (κ1) is 22.0. The van der Waals surface area contributed by atoms with Crippen LogP contribution in [0.25, 0.3) is 0 Å². The predicted octanol–water partition coefficient (Wildman–Crippen LogP) is 4.24. The molecular weight excluding hydrogens is 426 g/mol. The molecule has 9 heteroatoms. The average molecular weight is 454 g/mol. The Balaban J connectivity index is 1.38. The molecule has 0 fully saturated rings. The number of ether oxygens (including phenoxy) is 1. The van der Waals surface area contributed by atoms with Gasteiger partial charge in [-0.3, -0.25) is 4.79 Å². The lowest BCUT2D eigenvalue weighted by molar-refractivity contribution is 0.0222. The van der Waals surface area contributed by atoms with Gasteiger partial charge in [0.05, 0.1) is 18.6 Å². The van der Waals surface area contributed by atoms with Crippen molar-refractivity contribution in [2.45, 2.75) is 52.8 Å². The fraction of sp³-hybridized carbons (Fsp3) is 0.391. The highest BCUT2D eigenvalue weighted by molar-refractivity contribution is 7.13. The summed E-state index contributed by atoms with van der Waals surface area (Å²) in [4.78, 5) is 36.5. The number of hydrogen-bond acceptors (Lipinski definition) is 6. The van der Waals surface area contributed by atoms with E-state index < -0.39 is 5.60 Å². The Hall–Kier alpha value is -3.20. The summed E-state index contributed by atoms with van der Waals surface area (Å²) in [5.41, 5.74) is 2.58. The summed E-state index contributed by atoms with van der Waals surface area (Å²) >= 11 is 1.36. The number of nitrogens with one attached hydrogen (secondary N) is 1. The van der Waals surface area contributed by atoms with Gasteiger partial charge in [-0.05, 0) is 33.3 Å². The van der Waals surface area contributed by atoms with Gasteiger partial charge < -0.3 is 19.5 Å². The van der Waals surface area contributed by atoms with Gasteiger partial charge in [0.15, 0.2) is 10.8 Å². The Morgan fingerprint density at radius 2 is 2.09 bits per heavy atom. The molecule has 3 aromatic rings. The third-order valence-electron chi connectivity index (χ3n) is 4.90. The Labute approximate surface area is 191 Å². The zero-order chi connectivity index (χ0) is 22.9. The highest BCUT2D eigenvalue weighted by Gasteiger charge is 2.29. The summed E-state index contributed by atoms with van der Waals surface area (Å²) in [5, 5.41) is 3.19. The van der Waals surface area contributed by atoms with Crippen molar-refractivity contribution in [3.63, 3.8) is 0 Å². The zero-order valence-electron chi connectivity index (χ0n) is 18.7. The SMILES string of the molecule is Cc1cccc(Cn2cnc(NC(=O)c3nc4c(s3)CCN(C(=O)OC(C)(C)C)C4)c2)c1. The van der Waals surface area contributed by atoms with Crippen LogP contribution in [0.3, 0.4) is 0 Å². The molecule has 0 bridgehead atoms. The van der Waals surface area contributed by atoms with Crippen LogP contribution in [0.2, 0.25) is 0 Å². The molecule has 168 valence electrons. The molecular formula is C23H27N5O3S. The molecule has 1 N–H and O–H groups in total. The Morgan fingerprint density at radius 1 is 1.28 bits per heavy atom. The molecule has 0 aliphatic carbocycles. The number of thiazole rings is 1. The number of aromatic nitrogens is 3. The van der Waals surface area contributed by atoms with Crippen LogP contribution in [0.4, 0.5) is 10.6 Å². The van der Waals surface area contributed by atoms with E-state index in [1.807, 2.05) is 31.4 Å². The molecule has 3 heterocycles. The van der Waals surface area contributed by atoms with Gasteiger partial charge in [-0.15, -0.1) is 11.3 Å². The van der Waals surface area contributed by atoms with Crippen molar-refractivity contribution in [1.29, 1.82) is 0 Å². The van der Waals surface area contributed by atoms with Gasteiger partial charge in [0.2, 0.25) is 0 Å². The maximum atomic E-state index is 12.7. The predicted molar refractivity (Wildman–Crippen MR) is 123 cm³/mol. The van der Waals surface area contributed by atoms with Gasteiger partial charge >= 0.3 is 6.09 Å². The number of aryl methyl sites for hydroxylation is 1. The van der Waals surface area contributed by atoms with Gasteiger partial charge in [-0.2, -0.15) is 0 Å². The average Bonchev–Trinajstić information content (AvgIpc) is 3.32. The van der Waals surface area contributed by atoms with Crippen molar-refractivity contribution in [3.05, 3.63) is 63.5 Å². The van der Waals surface area contributed by atoms with E-state index in [1.54, 1.807) is 17.4 Å². The number of rotatable bonds is 4. The molecule has 8 nitrogen and oxygen atoms in total. The van der Waals surface area contributed by atoms with E-state index in [2.05, 4.69) is 40.4 Å². The molecule has 2 aromatic heterocycles. The number of imidazole rings is 1. The number of benzene rings is 1. The third-order valence-corrected chi connectivity index (χ3v) is 6.05. The van der Waals surface area contributed by atoms with Crippen molar-refractivity contribution in [1.82, 2.24) is 19.4 Å². The fourth-order valence-corrected chi connectivity index (χ4v) is 4.43. The summed E-state index contributed by atoms with van der Waals surface area (Å²) in [6, 6.07) is 8.27. The molecule has 0 unspecified atom stereocenters. The zero-order valence-corrected chi connectivity index (χ0v) is 19.5. The van der Waals surface area contributed by atoms with Crippen molar-refractivity contribution < 1.29 is 14.3 Å². The van der Waals surface area contributed by atoms with Gasteiger partial charge in [0.25, 0.3) is 5.91 Å². The minimum absolute atomic E-state index is 0.297. The lowest BCUT2D eigenvalue weighted by Gasteiger charge is -2.29. The van der Waals surface area contributed by atoms with E-state index in [1.165, 1.54) is 22.5 Å². The second-order valence-corrected chi connectivity index (χ2v) is 10.00. The van der Waals surface area contributed by atoms with Crippen molar-refractivity contribution in [2.75, 3.05) is 11.9 Å². The fourth-order valence-electron chi connectivity index (χ4n) is 3.48. The van der Waals surface area contributed by atoms with Gasteiger partial charge in [0, 0.05) is 30.6 Å². The second-order valence-electron chi connectivity index (χ2n) is 8.92. The smallest absolute Gasteiger partial charge is 0.410 e. The van der Waals surface area contributed by atoms with Crippen LogP contribution < -0.4 is 5.32 Å². The van der Waals surface area contributed by atoms with Crippen molar-refractivity contribution >= 4 is 29.2 Å². The normalized spacial score (nSPS) is 13.6. The van der Waals surface area contributed by atoms with E-state index in [0.29, 0.717) is 36.9 Å². The van der Waals surface area contributed by atoms with Crippen LogP contribution in [-0.2, 0) is 24.2 Å². The minimum atomic E-state index is -0.548. The maximum absolute atomic E-state index is 12.7. The standard InChI is InChI=1S/C23H27N5O3S/c1-15-6-5-7-16(10-15)11-27-13-19(24-14-27)26-20(29)21-25-17-12-28(9-8-18(17)32-21)22(30)31-23(2,3)4/h5-7,10,13-14H,8-9,11-12H2,1-4H3,(H,26,29). The molecule has 0 saturated heterocycles. The highest BCUT2D eigenvalue weighted by atomic mass is 32.1. The topological polar surface area (TPSA) is 89.4 Å². The molecule has 4 rings (SSSR count). The van der Waals surface area contributed by atoms with Crippen molar-refractivity contribution in [2.24, 2.45) is 0 Å². The largest absolute Gasteiger partial charge is 0.444 e. The van der Waals surface area contributed by atoms with E-state index in [-0.39, 0.29) is 12.0 Å². The van der Waals surface area contributed by atoms with E-state index in [0.717, 1.165) is 10.6 Å². The van der Waals surface area contributed by atoms with Crippen LogP contribution in [0.5, 0.6) is 0 Å². The first-order valence-corrected chi connectivity index (χ1v) is 11.3. The van der Waals surface area contributed by atoms with Crippen LogP contribution in [0, 0.1) is 6.92 Å². The molecule has 2 amide bonds. The molecule has 1 aliphatic rings. The van der Waals surface area contributed by atoms with Gasteiger partial charge in [-0.1, -0.05) is 29.8 Å². The number of carbonyl (C=O) groups excluding carboxylic acids is 2. The highest BCUT2D eigenvalue weighted by Crippen LogP contribution is 2.26. The van der Waals surface area contributed by atoms with Gasteiger partial charge in [0.1, 0.15) is 5.60 Å². The lowest BCUT2D eigenvalue weighted by Crippen LogP contribution is -2.39. The quantitative estimate of drug-likeness (QED) is 0.638. The summed E-state index contributed by atoms with van der Waals surface area (Å²) in [5.74, 6) is 0.181. The number of hydrogen-bond donors (Lipinski definition) is 1. The van der Waals surface area contributed by atoms with Crippen LogP contribution in [0.15, 0.2) is 36.8 Å². The number of fused-ring (bicyclic) bond motifs is 1. The van der Waals surface area contributed by atoms with E-state index in [4.69, 9.17) is 4.74 Å². The van der Waals surface area contributed by atoms with Crippen LogP contribution in [0.1, 0.15) is 52.3 Å². The Bertz CT molecular complexity index is 1140. The summed E-state index contributed by atoms with van der Waals surface area (Å²) in [6.45, 7) is 9.16. The molecule has 0 atom stereocenters. The second kappa shape index (κ2) is 8.74. The first-order chi connectivity index (χ1) is 15.2. The molecule has 0 spiro atoms. The van der Waals surface area contributed by atoms with Crippen LogP contribution in [-0.4, -0.2) is 43.6 Å². The summed E-state index contributed by atoms with van der Waals surface area (Å²) < 4.78 is 7.38. The van der Waals surface area contributed by atoms with Crippen LogP contribution >= 0.6 is 11.3 Å². The molecule has 0 radical (unpaired) electrons. The number of amides is 2. The number of nitrogens with zero attached hydrogens (tertiary/aromatic N) is 4. The number of anilines is 1. The molecule has 0 saturated carbocycles. The molecule has 1 aromatic carbocycles. The lowest BCUT2D eigenvalue weighted by atomic mass is 10.1. The number of carbonyl (C=O) groups is 2. The Kier molecular flexibility index (Phi) is 6.01. The van der Waals surface area contributed by atoms with Crippen molar-refractivity contribution in [3.8, 4) is 0 Å².